The maximum Gasteiger partial charge on any atom is 0.0972 e. The van der Waals surface area contributed by atoms with Gasteiger partial charge in [0.2, 0.25) is 0 Å². The van der Waals surface area contributed by atoms with Gasteiger partial charge in [-0.3, -0.25) is 9.97 Å². The normalized spacial score (nSPS) is 11.6. The van der Waals surface area contributed by atoms with E-state index < -0.39 is 0 Å². The molecule has 23 aromatic rings. The fourth-order valence-corrected chi connectivity index (χ4v) is 16.6. The number of hydrogen-bond donors (Lipinski definition) is 0. The smallest absolute Gasteiger partial charge is 0.0972 e. The van der Waals surface area contributed by atoms with Gasteiger partial charge >= 0.3 is 0 Å². The minimum absolute atomic E-state index is 0.924. The summed E-state index contributed by atoms with van der Waals surface area (Å²) in [6.07, 6.45) is 3.66. The molecule has 0 bridgehead atoms. The Bertz CT molecular complexity index is 7870. The molecule has 0 saturated carbocycles. The lowest BCUT2D eigenvalue weighted by molar-refractivity contribution is 1.37. The first kappa shape index (κ1) is 68.9. The molecule has 0 unspecified atom stereocenters. The minimum atomic E-state index is 0.924. The molecular weight excluding hydrogens is 1430 g/mol. The van der Waals surface area contributed by atoms with E-state index in [1.165, 1.54) is 33.4 Å². The molecule has 0 aliphatic heterocycles. The SMILES string of the molecule is c1ccc(-c2cc(-c3ccccc3)cc(-c3ccc4cc(-c5ccc6ccc(-c7ccc8cc(-c9ccc%10ccc%11cccnc%11c%10n9)ccc8c7)nc6c5)ccc4n3)c2)cc1.c1ccc(-c2ccc(-c3ccc4cc(-c5ccc6ccc(-c7ccc8cc(-c9ccc%10ccc%11cccnc%11c%10n9)ccc8c7)nc6c5)ccc4n3)cc2)cc1. The second-order valence-corrected chi connectivity index (χ2v) is 30.3. The first-order chi connectivity index (χ1) is 58.3. The Hall–Kier alpha value is -15.9. The molecule has 0 radical (unpaired) electrons. The molecule has 8 aromatic heterocycles. The van der Waals surface area contributed by atoms with Crippen molar-refractivity contribution in [3.63, 3.8) is 0 Å². The van der Waals surface area contributed by atoms with Crippen molar-refractivity contribution in [2.75, 3.05) is 0 Å². The zero-order valence-electron chi connectivity index (χ0n) is 63.8. The third kappa shape index (κ3) is 13.3. The second kappa shape index (κ2) is 29.3. The van der Waals surface area contributed by atoms with E-state index >= 15 is 0 Å². The average Bonchev–Trinajstić information content (AvgIpc) is 0.771. The van der Waals surface area contributed by atoms with Crippen molar-refractivity contribution in [1.82, 2.24) is 39.9 Å². The number of fused-ring (bicyclic) bond motifs is 12. The van der Waals surface area contributed by atoms with E-state index in [9.17, 15) is 0 Å². The fraction of sp³-hybridized carbons (Fsp3) is 0. The lowest BCUT2D eigenvalue weighted by Crippen LogP contribution is -1.90. The van der Waals surface area contributed by atoms with Crippen molar-refractivity contribution in [2.45, 2.75) is 0 Å². The van der Waals surface area contributed by atoms with Crippen LogP contribution >= 0.6 is 0 Å². The molecule has 0 fully saturated rings. The largest absolute Gasteiger partial charge is 0.254 e. The summed E-state index contributed by atoms with van der Waals surface area (Å²) in [5, 5.41) is 13.4. The van der Waals surface area contributed by atoms with Gasteiger partial charge in [0.05, 0.1) is 78.3 Å². The number of aromatic nitrogens is 8. The highest BCUT2D eigenvalue weighted by molar-refractivity contribution is 6.06. The summed E-state index contributed by atoms with van der Waals surface area (Å²) in [5.41, 5.74) is 31.4. The summed E-state index contributed by atoms with van der Waals surface area (Å²) in [5.74, 6) is 0. The van der Waals surface area contributed by atoms with Crippen molar-refractivity contribution in [3.05, 3.63) is 413 Å². The average molecular weight is 1500 g/mol. The Labute approximate surface area is 680 Å². The van der Waals surface area contributed by atoms with Gasteiger partial charge in [-0.25, -0.2) is 29.9 Å². The Morgan fingerprint density at radius 3 is 0.805 bits per heavy atom. The van der Waals surface area contributed by atoms with Crippen LogP contribution < -0.4 is 0 Å². The maximum absolute atomic E-state index is 5.19. The van der Waals surface area contributed by atoms with Crippen LogP contribution in [0.25, 0.3) is 232 Å². The molecule has 0 aliphatic rings. The van der Waals surface area contributed by atoms with Gasteiger partial charge in [-0.05, 0) is 205 Å². The molecule has 0 N–H and O–H groups in total. The number of benzene rings is 15. The maximum atomic E-state index is 5.19. The Morgan fingerprint density at radius 1 is 0.119 bits per heavy atom. The van der Waals surface area contributed by atoms with E-state index in [4.69, 9.17) is 29.9 Å². The number of hydrogen-bond acceptors (Lipinski definition) is 8. The van der Waals surface area contributed by atoms with Crippen LogP contribution in [0.1, 0.15) is 0 Å². The van der Waals surface area contributed by atoms with Gasteiger partial charge in [-0.15, -0.1) is 0 Å². The first-order valence-electron chi connectivity index (χ1n) is 39.8. The first-order valence-corrected chi connectivity index (χ1v) is 39.8. The summed E-state index contributed by atoms with van der Waals surface area (Å²) in [6.45, 7) is 0. The van der Waals surface area contributed by atoms with Gasteiger partial charge in [0, 0.05) is 88.9 Å². The van der Waals surface area contributed by atoms with Crippen molar-refractivity contribution < 1.29 is 0 Å². The van der Waals surface area contributed by atoms with Gasteiger partial charge in [-0.1, -0.05) is 273 Å². The van der Waals surface area contributed by atoms with Crippen LogP contribution in [-0.4, -0.2) is 39.9 Å². The van der Waals surface area contributed by atoms with E-state index in [-0.39, 0.29) is 0 Å². The summed E-state index contributed by atoms with van der Waals surface area (Å²) < 4.78 is 0. The topological polar surface area (TPSA) is 103 Å². The molecule has 548 valence electrons. The monoisotopic (exact) mass is 1500 g/mol. The van der Waals surface area contributed by atoms with Gasteiger partial charge in [0.1, 0.15) is 0 Å². The van der Waals surface area contributed by atoms with E-state index in [1.807, 2.05) is 30.6 Å². The highest BCUT2D eigenvalue weighted by Gasteiger charge is 2.17. The molecule has 8 heterocycles. The predicted octanol–water partition coefficient (Wildman–Crippen LogP) is 28.4. The molecule has 0 spiro atoms. The van der Waals surface area contributed by atoms with Crippen LogP contribution in [0, 0.1) is 0 Å². The van der Waals surface area contributed by atoms with Crippen molar-refractivity contribution in [2.24, 2.45) is 0 Å². The highest BCUT2D eigenvalue weighted by atomic mass is 14.8. The molecule has 0 amide bonds. The van der Waals surface area contributed by atoms with Gasteiger partial charge in [0.15, 0.2) is 0 Å². The summed E-state index contributed by atoms with van der Waals surface area (Å²) in [4.78, 5) is 40.0. The molecule has 0 atom stereocenters. The van der Waals surface area contributed by atoms with E-state index in [1.54, 1.807) is 0 Å². The van der Waals surface area contributed by atoms with Crippen LogP contribution in [0.3, 0.4) is 0 Å². The fourth-order valence-electron chi connectivity index (χ4n) is 16.6. The lowest BCUT2D eigenvalue weighted by atomic mass is 9.94. The molecule has 8 nitrogen and oxygen atoms in total. The third-order valence-electron chi connectivity index (χ3n) is 22.9. The third-order valence-corrected chi connectivity index (χ3v) is 22.9. The van der Waals surface area contributed by atoms with Crippen LogP contribution in [0.5, 0.6) is 0 Å². The Morgan fingerprint density at radius 2 is 0.381 bits per heavy atom. The Kier molecular flexibility index (Phi) is 17.1. The van der Waals surface area contributed by atoms with Crippen LogP contribution in [-0.2, 0) is 0 Å². The standard InChI is InChI=1S/C58H36N4.C52H32N4/c1-3-8-37(9-4-1)49-33-50(38-10-5-2-6-11-38)35-51(34-49)55-28-24-48-32-44(23-27-52(48)60-55)45-16-13-39-21-25-53(61-56(39)36-45)46-19-17-43-31-47(20-18-42(43)30-46)54-26-22-41-15-14-40-12-7-29-59-57(40)58(41)62-54;1-2-5-33(6-3-1)34-8-10-35(11-9-34)46-27-23-45-31-41(22-26-47(45)54-46)42-15-12-36-20-24-48(55-50(36)32-42)43-18-16-40-30-44(19-17-39(40)29-43)49-25-21-38-14-13-37-7-4-28-53-51(37)52(38)56-49/h1-36H;1-32H. The second-order valence-electron chi connectivity index (χ2n) is 30.3. The van der Waals surface area contributed by atoms with Crippen LogP contribution in [0.2, 0.25) is 0 Å². The van der Waals surface area contributed by atoms with Crippen LogP contribution in [0.15, 0.2) is 413 Å². The molecule has 118 heavy (non-hydrogen) atoms. The zero-order valence-corrected chi connectivity index (χ0v) is 63.8. The van der Waals surface area contributed by atoms with Gasteiger partial charge < -0.3 is 0 Å². The molecule has 23 rings (SSSR count). The van der Waals surface area contributed by atoms with E-state index in [2.05, 4.69) is 392 Å². The molecule has 8 heteroatoms. The summed E-state index contributed by atoms with van der Waals surface area (Å²) >= 11 is 0. The molecular formula is C110H68N8. The Balaban J connectivity index is 0.000000143. The van der Waals surface area contributed by atoms with E-state index in [0.29, 0.717) is 0 Å². The molecule has 0 aliphatic carbocycles. The van der Waals surface area contributed by atoms with Crippen molar-refractivity contribution in [3.8, 4) is 123 Å². The number of nitrogens with zero attached hydrogens (tertiary/aromatic N) is 8. The van der Waals surface area contributed by atoms with Gasteiger partial charge in [-0.2, -0.15) is 0 Å². The summed E-state index contributed by atoms with van der Waals surface area (Å²) in [7, 11) is 0. The quantitative estimate of drug-likeness (QED) is 0.118. The zero-order chi connectivity index (χ0) is 78.0. The lowest BCUT2D eigenvalue weighted by Gasteiger charge is -2.12. The predicted molar refractivity (Wildman–Crippen MR) is 490 cm³/mol. The minimum Gasteiger partial charge on any atom is -0.254 e. The van der Waals surface area contributed by atoms with Gasteiger partial charge in [0.25, 0.3) is 0 Å². The van der Waals surface area contributed by atoms with Crippen LogP contribution in [0.4, 0.5) is 0 Å². The summed E-state index contributed by atoms with van der Waals surface area (Å²) in [6, 6.07) is 142. The highest BCUT2D eigenvalue weighted by Crippen LogP contribution is 2.39. The number of rotatable bonds is 11. The van der Waals surface area contributed by atoms with E-state index in [0.717, 1.165) is 199 Å². The molecule has 0 saturated heterocycles. The number of pyridine rings is 8. The molecule has 15 aromatic carbocycles. The van der Waals surface area contributed by atoms with Crippen molar-refractivity contribution in [1.29, 1.82) is 0 Å². The van der Waals surface area contributed by atoms with Crippen molar-refractivity contribution >= 4 is 109 Å².